The fraction of sp³-hybridized carbons (Fsp3) is 0.143. The summed E-state index contributed by atoms with van der Waals surface area (Å²) in [5.41, 5.74) is 4.11. The minimum atomic E-state index is -2.74. The van der Waals surface area contributed by atoms with Crippen LogP contribution in [0.4, 0.5) is 14.5 Å². The Kier molecular flexibility index (Phi) is 2.77. The second kappa shape index (κ2) is 3.66. The van der Waals surface area contributed by atoms with Gasteiger partial charge in [0, 0.05) is 11.8 Å². The van der Waals surface area contributed by atoms with E-state index in [0.717, 1.165) is 12.3 Å². The number of aromatic nitrogens is 1. The number of nitrogens with zero attached hydrogens (tertiary/aromatic N) is 1. The summed E-state index contributed by atoms with van der Waals surface area (Å²) in [5, 5.41) is -0.944. The Hall–Kier alpha value is -1.23. The zero-order valence-electron chi connectivity index (χ0n) is 6.30. The maximum Gasteiger partial charge on any atom is 0.272 e. The first-order valence-corrected chi connectivity index (χ1v) is 3.64. The van der Waals surface area contributed by atoms with Crippen molar-refractivity contribution in [3.8, 4) is 0 Å². The van der Waals surface area contributed by atoms with Crippen LogP contribution in [0.3, 0.4) is 0 Å². The third-order valence-electron chi connectivity index (χ3n) is 1.45. The first-order chi connectivity index (χ1) is 6.04. The lowest BCUT2D eigenvalue weighted by atomic mass is 10.2. The molecule has 1 aromatic rings. The number of carbonyl (C=O) groups excluding carboxylic acids is 1. The Balaban J connectivity index is 3.26. The zero-order valence-corrected chi connectivity index (χ0v) is 7.05. The first kappa shape index (κ1) is 9.85. The predicted octanol–water partition coefficient (Wildman–Crippen LogP) is 1.98. The van der Waals surface area contributed by atoms with Crippen LogP contribution in [0, 0.1) is 0 Å². The van der Waals surface area contributed by atoms with Crippen molar-refractivity contribution in [3.63, 3.8) is 0 Å². The van der Waals surface area contributed by atoms with Gasteiger partial charge in [-0.2, -0.15) is 0 Å². The van der Waals surface area contributed by atoms with E-state index in [0.29, 0.717) is 0 Å². The molecule has 0 saturated heterocycles. The quantitative estimate of drug-likeness (QED) is 0.753. The van der Waals surface area contributed by atoms with Crippen molar-refractivity contribution in [1.29, 1.82) is 0 Å². The number of nitrogen functional groups attached to an aromatic ring is 1. The molecule has 1 rings (SSSR count). The van der Waals surface area contributed by atoms with E-state index in [1.54, 1.807) is 0 Å². The fourth-order valence-electron chi connectivity index (χ4n) is 0.835. The Morgan fingerprint density at radius 3 is 2.69 bits per heavy atom. The van der Waals surface area contributed by atoms with Crippen LogP contribution in [-0.2, 0) is 0 Å². The molecule has 0 saturated carbocycles. The smallest absolute Gasteiger partial charge is 0.272 e. The molecule has 0 bridgehead atoms. The number of halogens is 3. The van der Waals surface area contributed by atoms with Gasteiger partial charge in [0.1, 0.15) is 5.69 Å². The van der Waals surface area contributed by atoms with Gasteiger partial charge in [-0.15, -0.1) is 0 Å². The van der Waals surface area contributed by atoms with Crippen LogP contribution in [0.25, 0.3) is 0 Å². The summed E-state index contributed by atoms with van der Waals surface area (Å²) in [6.07, 6.45) is -1.68. The Morgan fingerprint density at radius 2 is 2.23 bits per heavy atom. The van der Waals surface area contributed by atoms with Gasteiger partial charge in [-0.3, -0.25) is 4.79 Å². The molecule has 6 heteroatoms. The second-order valence-electron chi connectivity index (χ2n) is 2.24. The number of hydrogen-bond donors (Lipinski definition) is 1. The molecular formula is C7H5ClF2N2O. The number of hydrogen-bond acceptors (Lipinski definition) is 3. The molecule has 0 radical (unpaired) electrons. The van der Waals surface area contributed by atoms with Gasteiger partial charge >= 0.3 is 0 Å². The molecule has 0 fully saturated rings. The Morgan fingerprint density at radius 1 is 1.62 bits per heavy atom. The summed E-state index contributed by atoms with van der Waals surface area (Å²) in [6.45, 7) is 0. The third-order valence-corrected chi connectivity index (χ3v) is 1.62. The standard InChI is InChI=1S/C7H5ClF2N2O/c8-6(13)5-4(11)3(7(9)10)1-2-12-5/h1-2,7H,11H2. The van der Waals surface area contributed by atoms with Crippen LogP contribution in [0.1, 0.15) is 22.5 Å². The van der Waals surface area contributed by atoms with Crippen molar-refractivity contribution in [2.75, 3.05) is 5.73 Å². The van der Waals surface area contributed by atoms with Crippen molar-refractivity contribution in [3.05, 3.63) is 23.5 Å². The van der Waals surface area contributed by atoms with Crippen LogP contribution >= 0.6 is 11.6 Å². The molecule has 0 spiro atoms. The number of carbonyl (C=O) groups is 1. The number of rotatable bonds is 2. The molecule has 0 unspecified atom stereocenters. The van der Waals surface area contributed by atoms with Crippen molar-refractivity contribution < 1.29 is 13.6 Å². The van der Waals surface area contributed by atoms with Gasteiger partial charge in [-0.05, 0) is 17.7 Å². The zero-order chi connectivity index (χ0) is 10.0. The molecule has 0 aliphatic carbocycles. The molecule has 13 heavy (non-hydrogen) atoms. The lowest BCUT2D eigenvalue weighted by molar-refractivity contribution is 0.107. The van der Waals surface area contributed by atoms with Crippen LogP contribution in [0.15, 0.2) is 12.3 Å². The summed E-state index contributed by atoms with van der Waals surface area (Å²) in [6, 6.07) is 1.04. The van der Waals surface area contributed by atoms with E-state index < -0.39 is 17.2 Å². The van der Waals surface area contributed by atoms with Crippen LogP contribution in [0.5, 0.6) is 0 Å². The fourth-order valence-corrected chi connectivity index (χ4v) is 0.986. The minimum absolute atomic E-state index is 0.334. The average Bonchev–Trinajstić information content (AvgIpc) is 2.03. The molecule has 0 aromatic carbocycles. The highest BCUT2D eigenvalue weighted by Gasteiger charge is 2.17. The predicted molar refractivity (Wildman–Crippen MR) is 43.8 cm³/mol. The molecule has 3 nitrogen and oxygen atoms in total. The van der Waals surface area contributed by atoms with Gasteiger partial charge in [-0.25, -0.2) is 13.8 Å². The topological polar surface area (TPSA) is 56.0 Å². The number of nitrogens with two attached hydrogens (primary N) is 1. The summed E-state index contributed by atoms with van der Waals surface area (Å²) >= 11 is 5.06. The van der Waals surface area contributed by atoms with Gasteiger partial charge in [0.25, 0.3) is 11.7 Å². The van der Waals surface area contributed by atoms with Gasteiger partial charge in [0.15, 0.2) is 0 Å². The largest absolute Gasteiger partial charge is 0.396 e. The van der Waals surface area contributed by atoms with E-state index in [1.165, 1.54) is 0 Å². The molecule has 1 aromatic heterocycles. The third kappa shape index (κ3) is 1.92. The highest BCUT2D eigenvalue weighted by atomic mass is 35.5. The van der Waals surface area contributed by atoms with Crippen molar-refractivity contribution in [2.24, 2.45) is 0 Å². The van der Waals surface area contributed by atoms with Crippen molar-refractivity contribution >= 4 is 22.5 Å². The highest BCUT2D eigenvalue weighted by Crippen LogP contribution is 2.26. The van der Waals surface area contributed by atoms with E-state index in [4.69, 9.17) is 17.3 Å². The van der Waals surface area contributed by atoms with Crippen molar-refractivity contribution in [2.45, 2.75) is 6.43 Å². The molecule has 0 aliphatic heterocycles. The summed E-state index contributed by atoms with van der Waals surface area (Å²) in [7, 11) is 0. The number of alkyl halides is 2. The van der Waals surface area contributed by atoms with Gasteiger partial charge in [0.2, 0.25) is 0 Å². The summed E-state index contributed by atoms with van der Waals surface area (Å²) < 4.78 is 24.4. The highest BCUT2D eigenvalue weighted by molar-refractivity contribution is 6.68. The lowest BCUT2D eigenvalue weighted by Gasteiger charge is -2.05. The Bertz CT molecular complexity index is 343. The number of pyridine rings is 1. The maximum atomic E-state index is 12.2. The molecular weight excluding hydrogens is 202 g/mol. The van der Waals surface area contributed by atoms with Crippen LogP contribution in [0.2, 0.25) is 0 Å². The van der Waals surface area contributed by atoms with Gasteiger partial charge < -0.3 is 5.73 Å². The molecule has 0 atom stereocenters. The molecule has 0 aliphatic rings. The van der Waals surface area contributed by atoms with Crippen LogP contribution in [-0.4, -0.2) is 10.2 Å². The van der Waals surface area contributed by atoms with E-state index in [1.807, 2.05) is 0 Å². The molecule has 70 valence electrons. The molecule has 2 N–H and O–H groups in total. The minimum Gasteiger partial charge on any atom is -0.396 e. The van der Waals surface area contributed by atoms with E-state index in [-0.39, 0.29) is 11.4 Å². The number of anilines is 1. The monoisotopic (exact) mass is 206 g/mol. The summed E-state index contributed by atoms with van der Waals surface area (Å²) in [5.74, 6) is 0. The van der Waals surface area contributed by atoms with E-state index >= 15 is 0 Å². The second-order valence-corrected chi connectivity index (χ2v) is 2.58. The maximum absolute atomic E-state index is 12.2. The van der Waals surface area contributed by atoms with Crippen molar-refractivity contribution in [1.82, 2.24) is 4.98 Å². The van der Waals surface area contributed by atoms with Crippen LogP contribution < -0.4 is 5.73 Å². The lowest BCUT2D eigenvalue weighted by Crippen LogP contribution is -2.05. The van der Waals surface area contributed by atoms with Gasteiger partial charge in [0.05, 0.1) is 5.69 Å². The van der Waals surface area contributed by atoms with E-state index in [9.17, 15) is 13.6 Å². The van der Waals surface area contributed by atoms with Gasteiger partial charge in [-0.1, -0.05) is 0 Å². The van der Waals surface area contributed by atoms with E-state index in [2.05, 4.69) is 4.98 Å². The Labute approximate surface area is 77.5 Å². The first-order valence-electron chi connectivity index (χ1n) is 3.26. The average molecular weight is 207 g/mol. The summed E-state index contributed by atoms with van der Waals surface area (Å²) in [4.78, 5) is 14.1. The molecule has 0 amide bonds. The molecule has 1 heterocycles. The SMILES string of the molecule is Nc1c(C(F)F)ccnc1C(=O)Cl. The normalized spacial score (nSPS) is 10.5.